The van der Waals surface area contributed by atoms with Crippen LogP contribution in [-0.2, 0) is 0 Å². The van der Waals surface area contributed by atoms with Gasteiger partial charge >= 0.3 is 0 Å². The first-order chi connectivity index (χ1) is 5.54. The van der Waals surface area contributed by atoms with Crippen molar-refractivity contribution in [3.8, 4) is 0 Å². The second kappa shape index (κ2) is 5.36. The quantitative estimate of drug-likeness (QED) is 0.685. The normalized spacial score (nSPS) is 15.3. The Morgan fingerprint density at radius 2 is 1.58 bits per heavy atom. The Labute approximate surface area is 81.1 Å². The van der Waals surface area contributed by atoms with Crippen LogP contribution in [0.4, 0.5) is 0 Å². The molecule has 12 heavy (non-hydrogen) atoms. The molecule has 0 fully saturated rings. The summed E-state index contributed by atoms with van der Waals surface area (Å²) >= 11 is 5.01. The van der Waals surface area contributed by atoms with Crippen LogP contribution in [0.5, 0.6) is 0 Å². The van der Waals surface area contributed by atoms with Crippen molar-refractivity contribution in [2.24, 2.45) is 5.73 Å². The minimum atomic E-state index is 0.456. The van der Waals surface area contributed by atoms with Gasteiger partial charge in [-0.2, -0.15) is 0 Å². The first-order valence-corrected chi connectivity index (χ1v) is 5.03. The largest absolute Gasteiger partial charge is 0.376 e. The Bertz CT molecular complexity index is 137. The highest BCUT2D eigenvalue weighted by atomic mass is 32.1. The van der Waals surface area contributed by atoms with Gasteiger partial charge in [-0.3, -0.25) is 0 Å². The Morgan fingerprint density at radius 1 is 1.25 bits per heavy atom. The summed E-state index contributed by atoms with van der Waals surface area (Å²) in [4.78, 5) is 2.12. The van der Waals surface area contributed by atoms with Crippen LogP contribution in [0.1, 0.15) is 40.5 Å². The lowest BCUT2D eigenvalue weighted by Crippen LogP contribution is -2.47. The van der Waals surface area contributed by atoms with Crippen molar-refractivity contribution in [2.75, 3.05) is 0 Å². The summed E-state index contributed by atoms with van der Waals surface area (Å²) < 4.78 is 0. The average molecular weight is 188 g/mol. The third-order valence-corrected chi connectivity index (χ3v) is 2.60. The summed E-state index contributed by atoms with van der Waals surface area (Å²) in [7, 11) is 0. The number of hydrogen-bond donors (Lipinski definition) is 1. The molecule has 0 aliphatic carbocycles. The molecule has 0 saturated heterocycles. The van der Waals surface area contributed by atoms with E-state index in [2.05, 4.69) is 32.6 Å². The zero-order valence-electron chi connectivity index (χ0n) is 8.50. The second-order valence-corrected chi connectivity index (χ2v) is 3.68. The van der Waals surface area contributed by atoms with Crippen molar-refractivity contribution in [1.29, 1.82) is 0 Å². The van der Waals surface area contributed by atoms with E-state index in [4.69, 9.17) is 18.0 Å². The molecule has 0 amide bonds. The molecule has 0 aliphatic rings. The molecule has 0 unspecified atom stereocenters. The van der Waals surface area contributed by atoms with Crippen molar-refractivity contribution in [3.05, 3.63) is 0 Å². The summed E-state index contributed by atoms with van der Waals surface area (Å²) in [6, 6.07) is 0.912. The molecule has 2 nitrogen and oxygen atoms in total. The zero-order valence-corrected chi connectivity index (χ0v) is 9.32. The Hall–Kier alpha value is -0.310. The lowest BCUT2D eigenvalue weighted by atomic mass is 10.1. The summed E-state index contributed by atoms with van der Waals surface area (Å²) in [5.41, 5.74) is 5.65. The summed E-state index contributed by atoms with van der Waals surface area (Å²) in [5.74, 6) is 0. The van der Waals surface area contributed by atoms with Gasteiger partial charge in [0, 0.05) is 12.1 Å². The number of hydrogen-bond acceptors (Lipinski definition) is 1. The van der Waals surface area contributed by atoms with Gasteiger partial charge in [-0.1, -0.05) is 13.8 Å². The fourth-order valence-electron chi connectivity index (χ4n) is 1.26. The molecule has 2 atom stereocenters. The highest BCUT2D eigenvalue weighted by Crippen LogP contribution is 2.10. The fourth-order valence-corrected chi connectivity index (χ4v) is 1.62. The van der Waals surface area contributed by atoms with E-state index in [1.165, 1.54) is 0 Å². The van der Waals surface area contributed by atoms with Crippen LogP contribution in [0.15, 0.2) is 0 Å². The maximum Gasteiger partial charge on any atom is 0.166 e. The van der Waals surface area contributed by atoms with E-state index in [0.717, 1.165) is 12.8 Å². The molecule has 3 heteroatoms. The van der Waals surface area contributed by atoms with Gasteiger partial charge in [0.15, 0.2) is 5.11 Å². The SMILES string of the molecule is CC[C@@H](C)N(C(N)=S)[C@@H](C)CC. The molecule has 0 spiro atoms. The van der Waals surface area contributed by atoms with Crippen LogP contribution in [0.25, 0.3) is 0 Å². The van der Waals surface area contributed by atoms with Crippen molar-refractivity contribution >= 4 is 17.3 Å². The van der Waals surface area contributed by atoms with Crippen LogP contribution >= 0.6 is 12.2 Å². The van der Waals surface area contributed by atoms with Gasteiger partial charge < -0.3 is 10.6 Å². The second-order valence-electron chi connectivity index (χ2n) is 3.26. The Morgan fingerprint density at radius 3 is 1.75 bits per heavy atom. The van der Waals surface area contributed by atoms with Crippen LogP contribution in [0.2, 0.25) is 0 Å². The summed E-state index contributed by atoms with van der Waals surface area (Å²) in [5, 5.41) is 0.527. The molecule has 0 aromatic carbocycles. The summed E-state index contributed by atoms with van der Waals surface area (Å²) in [6.07, 6.45) is 2.17. The maximum absolute atomic E-state index is 5.65. The van der Waals surface area contributed by atoms with Gasteiger partial charge in [0.1, 0.15) is 0 Å². The van der Waals surface area contributed by atoms with E-state index in [-0.39, 0.29) is 0 Å². The number of nitrogens with two attached hydrogens (primary N) is 1. The van der Waals surface area contributed by atoms with Crippen molar-refractivity contribution in [2.45, 2.75) is 52.6 Å². The molecular formula is C9H20N2S. The number of thiocarbonyl (C=S) groups is 1. The van der Waals surface area contributed by atoms with Gasteiger partial charge in [-0.15, -0.1) is 0 Å². The van der Waals surface area contributed by atoms with Crippen LogP contribution in [0, 0.1) is 0 Å². The fraction of sp³-hybridized carbons (Fsp3) is 0.889. The van der Waals surface area contributed by atoms with E-state index in [1.54, 1.807) is 0 Å². The average Bonchev–Trinajstić information content (AvgIpc) is 2.03. The van der Waals surface area contributed by atoms with Crippen molar-refractivity contribution in [1.82, 2.24) is 4.90 Å². The minimum Gasteiger partial charge on any atom is -0.376 e. The predicted octanol–water partition coefficient (Wildman–Crippen LogP) is 2.13. The molecule has 0 saturated carbocycles. The smallest absolute Gasteiger partial charge is 0.166 e. The highest BCUT2D eigenvalue weighted by molar-refractivity contribution is 7.80. The molecule has 2 N–H and O–H groups in total. The standard InChI is InChI=1S/C9H20N2S/c1-5-7(3)11(9(10)12)8(4)6-2/h7-8H,5-6H2,1-4H3,(H2,10,12)/t7-,8+. The lowest BCUT2D eigenvalue weighted by Gasteiger charge is -2.34. The number of nitrogens with zero attached hydrogens (tertiary/aromatic N) is 1. The van der Waals surface area contributed by atoms with Crippen LogP contribution < -0.4 is 5.73 Å². The van der Waals surface area contributed by atoms with Gasteiger partial charge in [0.05, 0.1) is 0 Å². The van der Waals surface area contributed by atoms with Gasteiger partial charge in [-0.05, 0) is 38.9 Å². The molecule has 0 heterocycles. The summed E-state index contributed by atoms with van der Waals surface area (Å²) in [6.45, 7) is 8.62. The molecule has 0 rings (SSSR count). The molecule has 0 bridgehead atoms. The first kappa shape index (κ1) is 11.7. The van der Waals surface area contributed by atoms with Gasteiger partial charge in [0.2, 0.25) is 0 Å². The third kappa shape index (κ3) is 2.97. The Balaban J connectivity index is 4.32. The van der Waals surface area contributed by atoms with E-state index in [0.29, 0.717) is 17.2 Å². The van der Waals surface area contributed by atoms with E-state index < -0.39 is 0 Å². The van der Waals surface area contributed by atoms with Crippen molar-refractivity contribution in [3.63, 3.8) is 0 Å². The van der Waals surface area contributed by atoms with E-state index >= 15 is 0 Å². The molecule has 0 radical (unpaired) electrons. The van der Waals surface area contributed by atoms with Crippen LogP contribution in [-0.4, -0.2) is 22.1 Å². The van der Waals surface area contributed by atoms with Gasteiger partial charge in [0.25, 0.3) is 0 Å². The molecule has 72 valence electrons. The van der Waals surface area contributed by atoms with E-state index in [1.807, 2.05) is 0 Å². The minimum absolute atomic E-state index is 0.456. The van der Waals surface area contributed by atoms with Crippen molar-refractivity contribution < 1.29 is 0 Å². The van der Waals surface area contributed by atoms with Gasteiger partial charge in [-0.25, -0.2) is 0 Å². The lowest BCUT2D eigenvalue weighted by molar-refractivity contribution is 0.252. The molecule has 0 aromatic rings. The van der Waals surface area contributed by atoms with E-state index in [9.17, 15) is 0 Å². The number of rotatable bonds is 4. The monoisotopic (exact) mass is 188 g/mol. The third-order valence-electron chi connectivity index (χ3n) is 2.39. The van der Waals surface area contributed by atoms with Crippen LogP contribution in [0.3, 0.4) is 0 Å². The molecular weight excluding hydrogens is 168 g/mol. The zero-order chi connectivity index (χ0) is 9.72. The first-order valence-electron chi connectivity index (χ1n) is 4.62. The highest BCUT2D eigenvalue weighted by Gasteiger charge is 2.17. The maximum atomic E-state index is 5.65. The topological polar surface area (TPSA) is 29.3 Å². The predicted molar refractivity (Wildman–Crippen MR) is 58.1 cm³/mol. The molecule has 0 aromatic heterocycles. The molecule has 0 aliphatic heterocycles. The Kier molecular flexibility index (Phi) is 5.22.